The van der Waals surface area contributed by atoms with Gasteiger partial charge in [0.1, 0.15) is 0 Å². The van der Waals surface area contributed by atoms with E-state index >= 15 is 0 Å². The van der Waals surface area contributed by atoms with Crippen LogP contribution in [0.2, 0.25) is 0 Å². The molecule has 0 aliphatic rings. The van der Waals surface area contributed by atoms with Gasteiger partial charge in [0.2, 0.25) is 5.91 Å². The van der Waals surface area contributed by atoms with Gasteiger partial charge in [0.25, 0.3) is 5.69 Å². The van der Waals surface area contributed by atoms with E-state index < -0.39 is 4.92 Å². The highest BCUT2D eigenvalue weighted by Gasteiger charge is 2.15. The van der Waals surface area contributed by atoms with E-state index in [0.717, 1.165) is 17.1 Å². The van der Waals surface area contributed by atoms with Crippen LogP contribution in [0.1, 0.15) is 6.92 Å². The first-order valence-corrected chi connectivity index (χ1v) is 10.3. The van der Waals surface area contributed by atoms with E-state index in [1.807, 2.05) is 54.8 Å². The van der Waals surface area contributed by atoms with Crippen molar-refractivity contribution in [2.24, 2.45) is 0 Å². The Labute approximate surface area is 178 Å². The summed E-state index contributed by atoms with van der Waals surface area (Å²) in [5.41, 5.74) is 2.35. The van der Waals surface area contributed by atoms with Crippen LogP contribution in [0, 0.1) is 10.1 Å². The third-order valence-electron chi connectivity index (χ3n) is 4.35. The zero-order chi connectivity index (χ0) is 21.7. The molecule has 2 aromatic carbocycles. The molecule has 0 bridgehead atoms. The van der Waals surface area contributed by atoms with Crippen molar-refractivity contribution in [3.05, 3.63) is 58.6 Å². The van der Waals surface area contributed by atoms with Crippen molar-refractivity contribution in [1.82, 2.24) is 14.8 Å². The van der Waals surface area contributed by atoms with Crippen molar-refractivity contribution in [2.45, 2.75) is 18.6 Å². The zero-order valence-electron chi connectivity index (χ0n) is 16.9. The molecule has 3 aromatic rings. The number of anilines is 2. The second kappa shape index (κ2) is 9.40. The van der Waals surface area contributed by atoms with Gasteiger partial charge in [-0.3, -0.25) is 14.9 Å². The SMILES string of the molecule is CCn1c(SCC(=O)Nc2cccc([N+](=O)[O-])c2)nnc1-c1ccc(N(C)C)cc1. The van der Waals surface area contributed by atoms with Crippen LogP contribution >= 0.6 is 11.8 Å². The minimum Gasteiger partial charge on any atom is -0.378 e. The van der Waals surface area contributed by atoms with E-state index in [4.69, 9.17) is 0 Å². The zero-order valence-corrected chi connectivity index (χ0v) is 17.7. The summed E-state index contributed by atoms with van der Waals surface area (Å²) in [6.45, 7) is 2.65. The number of carbonyl (C=O) groups is 1. The number of thioether (sulfide) groups is 1. The maximum absolute atomic E-state index is 12.3. The number of rotatable bonds is 8. The molecule has 0 unspecified atom stereocenters. The van der Waals surface area contributed by atoms with Crippen molar-refractivity contribution in [3.63, 3.8) is 0 Å². The van der Waals surface area contributed by atoms with Gasteiger partial charge < -0.3 is 14.8 Å². The first-order valence-electron chi connectivity index (χ1n) is 9.27. The first-order chi connectivity index (χ1) is 14.4. The topological polar surface area (TPSA) is 106 Å². The van der Waals surface area contributed by atoms with Gasteiger partial charge in [-0.1, -0.05) is 17.8 Å². The Kier molecular flexibility index (Phi) is 6.68. The van der Waals surface area contributed by atoms with E-state index in [0.29, 0.717) is 17.4 Å². The quantitative estimate of drug-likeness (QED) is 0.333. The maximum atomic E-state index is 12.3. The normalized spacial score (nSPS) is 10.6. The molecule has 156 valence electrons. The Bertz CT molecular complexity index is 1050. The number of nitrogens with zero attached hydrogens (tertiary/aromatic N) is 5. The molecule has 0 aliphatic heterocycles. The fourth-order valence-corrected chi connectivity index (χ4v) is 3.63. The van der Waals surface area contributed by atoms with E-state index in [1.54, 1.807) is 6.07 Å². The highest BCUT2D eigenvalue weighted by molar-refractivity contribution is 7.99. The first kappa shape index (κ1) is 21.3. The highest BCUT2D eigenvalue weighted by Crippen LogP contribution is 2.26. The fraction of sp³-hybridized carbons (Fsp3) is 0.250. The summed E-state index contributed by atoms with van der Waals surface area (Å²) in [6, 6.07) is 13.9. The summed E-state index contributed by atoms with van der Waals surface area (Å²) >= 11 is 1.27. The van der Waals surface area contributed by atoms with Crippen LogP contribution in [0.3, 0.4) is 0 Å². The average Bonchev–Trinajstić information content (AvgIpc) is 3.15. The Morgan fingerprint density at radius 1 is 1.20 bits per heavy atom. The molecule has 1 heterocycles. The van der Waals surface area contributed by atoms with Crippen LogP contribution in [0.25, 0.3) is 11.4 Å². The number of hydrogen-bond donors (Lipinski definition) is 1. The lowest BCUT2D eigenvalue weighted by Crippen LogP contribution is -2.14. The van der Waals surface area contributed by atoms with Crippen molar-refractivity contribution < 1.29 is 9.72 Å². The number of non-ortho nitro benzene ring substituents is 1. The second-order valence-corrected chi connectivity index (χ2v) is 7.58. The summed E-state index contributed by atoms with van der Waals surface area (Å²) < 4.78 is 1.95. The summed E-state index contributed by atoms with van der Waals surface area (Å²) in [5, 5.41) is 22.7. The van der Waals surface area contributed by atoms with Crippen molar-refractivity contribution in [2.75, 3.05) is 30.1 Å². The van der Waals surface area contributed by atoms with Gasteiger partial charge >= 0.3 is 0 Å². The smallest absolute Gasteiger partial charge is 0.271 e. The van der Waals surface area contributed by atoms with Gasteiger partial charge in [0.05, 0.1) is 10.7 Å². The summed E-state index contributed by atoms with van der Waals surface area (Å²) in [4.78, 5) is 24.7. The predicted molar refractivity (Wildman–Crippen MR) is 118 cm³/mol. The van der Waals surface area contributed by atoms with Crippen LogP contribution in [-0.2, 0) is 11.3 Å². The maximum Gasteiger partial charge on any atom is 0.271 e. The van der Waals surface area contributed by atoms with Gasteiger partial charge in [-0.05, 0) is 37.3 Å². The molecular weight excluding hydrogens is 404 g/mol. The molecule has 9 nitrogen and oxygen atoms in total. The van der Waals surface area contributed by atoms with Crippen molar-refractivity contribution >= 4 is 34.7 Å². The predicted octanol–water partition coefficient (Wildman–Crippen LogP) is 3.67. The monoisotopic (exact) mass is 426 g/mol. The third kappa shape index (κ3) is 4.95. The number of nitro benzene ring substituents is 1. The van der Waals surface area contributed by atoms with Gasteiger partial charge in [-0.15, -0.1) is 10.2 Å². The van der Waals surface area contributed by atoms with E-state index in [-0.39, 0.29) is 17.3 Å². The second-order valence-electron chi connectivity index (χ2n) is 6.64. The minimum absolute atomic E-state index is 0.0730. The molecule has 1 aromatic heterocycles. The molecule has 0 saturated carbocycles. The number of nitrogens with one attached hydrogen (secondary N) is 1. The van der Waals surface area contributed by atoms with E-state index in [2.05, 4.69) is 15.5 Å². The Hall–Kier alpha value is -3.40. The fourth-order valence-electron chi connectivity index (χ4n) is 2.83. The summed E-state index contributed by atoms with van der Waals surface area (Å²) in [7, 11) is 3.97. The van der Waals surface area contributed by atoms with E-state index in [9.17, 15) is 14.9 Å². The van der Waals surface area contributed by atoms with E-state index in [1.165, 1.54) is 30.0 Å². The molecule has 1 N–H and O–H groups in total. The Balaban J connectivity index is 1.68. The van der Waals surface area contributed by atoms with Crippen LogP contribution in [-0.4, -0.2) is 45.4 Å². The molecule has 0 fully saturated rings. The average molecular weight is 427 g/mol. The standard InChI is InChI=1S/C20H22N6O3S/c1-4-25-19(14-8-10-16(11-9-14)24(2)3)22-23-20(25)30-13-18(27)21-15-6-5-7-17(12-15)26(28)29/h5-12H,4,13H2,1-3H3,(H,21,27). The minimum atomic E-state index is -0.499. The molecule has 0 aliphatic carbocycles. The molecule has 30 heavy (non-hydrogen) atoms. The molecule has 0 spiro atoms. The Morgan fingerprint density at radius 3 is 2.57 bits per heavy atom. The van der Waals surface area contributed by atoms with Crippen LogP contribution in [0.4, 0.5) is 17.1 Å². The molecule has 10 heteroatoms. The lowest BCUT2D eigenvalue weighted by atomic mass is 10.2. The Morgan fingerprint density at radius 2 is 1.93 bits per heavy atom. The van der Waals surface area contributed by atoms with Crippen LogP contribution in [0.15, 0.2) is 53.7 Å². The highest BCUT2D eigenvalue weighted by atomic mass is 32.2. The van der Waals surface area contributed by atoms with Gasteiger partial charge in [0, 0.05) is 49.7 Å². The molecule has 1 amide bonds. The molecule has 0 saturated heterocycles. The van der Waals surface area contributed by atoms with Crippen molar-refractivity contribution in [1.29, 1.82) is 0 Å². The molecular formula is C20H22N6O3S. The number of aromatic nitrogens is 3. The van der Waals surface area contributed by atoms with Crippen LogP contribution in [0.5, 0.6) is 0 Å². The van der Waals surface area contributed by atoms with Gasteiger partial charge in [-0.25, -0.2) is 0 Å². The molecule has 0 radical (unpaired) electrons. The molecule has 0 atom stereocenters. The number of nitro groups is 1. The third-order valence-corrected chi connectivity index (χ3v) is 5.31. The van der Waals surface area contributed by atoms with Gasteiger partial charge in [0.15, 0.2) is 11.0 Å². The van der Waals surface area contributed by atoms with Gasteiger partial charge in [-0.2, -0.15) is 0 Å². The number of benzene rings is 2. The van der Waals surface area contributed by atoms with Crippen molar-refractivity contribution in [3.8, 4) is 11.4 Å². The lowest BCUT2D eigenvalue weighted by molar-refractivity contribution is -0.384. The number of hydrogen-bond acceptors (Lipinski definition) is 7. The molecule has 3 rings (SSSR count). The summed E-state index contributed by atoms with van der Waals surface area (Å²) in [6.07, 6.45) is 0. The number of amides is 1. The largest absolute Gasteiger partial charge is 0.378 e. The number of carbonyl (C=O) groups excluding carboxylic acids is 1. The lowest BCUT2D eigenvalue weighted by Gasteiger charge is -2.13. The van der Waals surface area contributed by atoms with Crippen LogP contribution < -0.4 is 10.2 Å². The summed E-state index contributed by atoms with van der Waals surface area (Å²) in [5.74, 6) is 0.577.